The molecule has 2 aliphatic heterocycles. The molecule has 2 fully saturated rings. The van der Waals surface area contributed by atoms with Gasteiger partial charge in [-0.25, -0.2) is 9.97 Å². The van der Waals surface area contributed by atoms with Crippen LogP contribution in [0.15, 0.2) is 65.3 Å². The van der Waals surface area contributed by atoms with Gasteiger partial charge >= 0.3 is 0 Å². The van der Waals surface area contributed by atoms with Crippen LogP contribution in [0.5, 0.6) is 5.88 Å². The Morgan fingerprint density at radius 1 is 1.03 bits per heavy atom. The number of ether oxygens (including phenoxy) is 1. The third-order valence-electron chi connectivity index (χ3n) is 7.29. The highest BCUT2D eigenvalue weighted by Crippen LogP contribution is 2.31. The summed E-state index contributed by atoms with van der Waals surface area (Å²) in [6.07, 6.45) is 4.22. The summed E-state index contributed by atoms with van der Waals surface area (Å²) < 4.78 is 11.6. The number of nitrogens with one attached hydrogen (secondary N) is 1. The molecule has 2 aliphatic rings. The van der Waals surface area contributed by atoms with Crippen molar-refractivity contribution in [2.75, 3.05) is 43.0 Å². The van der Waals surface area contributed by atoms with E-state index in [0.717, 1.165) is 60.0 Å². The number of aromatic nitrogens is 3. The van der Waals surface area contributed by atoms with Crippen LogP contribution in [0.25, 0.3) is 11.0 Å². The van der Waals surface area contributed by atoms with Gasteiger partial charge in [-0.05, 0) is 49.6 Å². The Kier molecular flexibility index (Phi) is 6.42. The number of nitrogens with zero attached hydrogens (tertiary/aromatic N) is 5. The second-order valence-corrected chi connectivity index (χ2v) is 9.87. The van der Waals surface area contributed by atoms with E-state index in [4.69, 9.17) is 9.26 Å². The first-order valence-corrected chi connectivity index (χ1v) is 12.8. The molecule has 5 heterocycles. The van der Waals surface area contributed by atoms with Crippen molar-refractivity contribution in [3.63, 3.8) is 0 Å². The van der Waals surface area contributed by atoms with Crippen LogP contribution in [0, 0.1) is 12.8 Å². The Labute approximate surface area is 211 Å². The molecule has 0 radical (unpaired) electrons. The van der Waals surface area contributed by atoms with Crippen LogP contribution in [0.2, 0.25) is 0 Å². The van der Waals surface area contributed by atoms with Gasteiger partial charge in [-0.3, -0.25) is 4.90 Å². The number of benzene rings is 1. The maximum absolute atomic E-state index is 6.08. The molecular formula is C28H32N6O2. The Hall–Kier alpha value is -3.65. The first-order chi connectivity index (χ1) is 17.7. The highest BCUT2D eigenvalue weighted by atomic mass is 16.5. The normalized spacial score (nSPS) is 20.3. The SMILES string of the molecule is Cc1cccc(NCc2ccc(OC[C@@H]3CC[C@@H]4CN(c5noc6ccccc56)CCN4C3)nc2)n1. The number of fused-ring (bicyclic) bond motifs is 2. The van der Waals surface area contributed by atoms with E-state index in [1.165, 1.54) is 12.8 Å². The molecule has 6 rings (SSSR count). The molecule has 0 spiro atoms. The lowest BCUT2D eigenvalue weighted by molar-refractivity contribution is 0.0717. The number of piperazine rings is 1. The van der Waals surface area contributed by atoms with E-state index in [9.17, 15) is 0 Å². The minimum absolute atomic E-state index is 0.524. The van der Waals surface area contributed by atoms with E-state index < -0.39 is 0 Å². The summed E-state index contributed by atoms with van der Waals surface area (Å²) >= 11 is 0. The summed E-state index contributed by atoms with van der Waals surface area (Å²) in [4.78, 5) is 14.0. The average molecular weight is 485 g/mol. The maximum Gasteiger partial charge on any atom is 0.213 e. The zero-order valence-corrected chi connectivity index (χ0v) is 20.6. The van der Waals surface area contributed by atoms with Gasteiger partial charge in [0.15, 0.2) is 11.4 Å². The lowest BCUT2D eigenvalue weighted by atomic mass is 9.91. The highest BCUT2D eigenvalue weighted by Gasteiger charge is 2.34. The Morgan fingerprint density at radius 2 is 1.97 bits per heavy atom. The van der Waals surface area contributed by atoms with E-state index in [1.54, 1.807) is 0 Å². The smallest absolute Gasteiger partial charge is 0.213 e. The zero-order valence-electron chi connectivity index (χ0n) is 20.6. The van der Waals surface area contributed by atoms with Crippen molar-refractivity contribution in [3.8, 4) is 5.88 Å². The molecule has 1 N–H and O–H groups in total. The van der Waals surface area contributed by atoms with E-state index in [1.807, 2.05) is 55.6 Å². The van der Waals surface area contributed by atoms with Gasteiger partial charge in [0.25, 0.3) is 0 Å². The molecule has 0 bridgehead atoms. The van der Waals surface area contributed by atoms with E-state index in [-0.39, 0.29) is 0 Å². The van der Waals surface area contributed by atoms with Gasteiger partial charge in [-0.2, -0.15) is 0 Å². The molecule has 2 saturated heterocycles. The molecule has 0 amide bonds. The summed E-state index contributed by atoms with van der Waals surface area (Å²) in [5.74, 6) is 3.07. The van der Waals surface area contributed by atoms with Gasteiger partial charge in [-0.15, -0.1) is 0 Å². The van der Waals surface area contributed by atoms with Crippen molar-refractivity contribution >= 4 is 22.6 Å². The zero-order chi connectivity index (χ0) is 24.3. The number of rotatable bonds is 7. The predicted octanol–water partition coefficient (Wildman–Crippen LogP) is 4.52. The molecular weight excluding hydrogens is 452 g/mol. The molecule has 8 heteroatoms. The fourth-order valence-corrected chi connectivity index (χ4v) is 5.33. The first-order valence-electron chi connectivity index (χ1n) is 12.8. The largest absolute Gasteiger partial charge is 0.477 e. The molecule has 36 heavy (non-hydrogen) atoms. The van der Waals surface area contributed by atoms with Crippen LogP contribution in [0.4, 0.5) is 11.6 Å². The van der Waals surface area contributed by atoms with Crippen molar-refractivity contribution in [1.82, 2.24) is 20.0 Å². The second-order valence-electron chi connectivity index (χ2n) is 9.87. The molecule has 2 atom stereocenters. The quantitative estimate of drug-likeness (QED) is 0.410. The second kappa shape index (κ2) is 10.1. The van der Waals surface area contributed by atoms with Crippen molar-refractivity contribution < 1.29 is 9.26 Å². The van der Waals surface area contributed by atoms with E-state index in [0.29, 0.717) is 31.0 Å². The van der Waals surface area contributed by atoms with Crippen molar-refractivity contribution in [3.05, 3.63) is 72.1 Å². The monoisotopic (exact) mass is 484 g/mol. The van der Waals surface area contributed by atoms with Gasteiger partial charge in [-0.1, -0.05) is 29.4 Å². The summed E-state index contributed by atoms with van der Waals surface area (Å²) in [6, 6.07) is 18.7. The number of para-hydroxylation sites is 1. The molecule has 4 aromatic rings. The Bertz CT molecular complexity index is 1310. The van der Waals surface area contributed by atoms with E-state index in [2.05, 4.69) is 42.4 Å². The summed E-state index contributed by atoms with van der Waals surface area (Å²) in [7, 11) is 0. The number of pyridine rings is 2. The summed E-state index contributed by atoms with van der Waals surface area (Å²) in [6.45, 7) is 7.46. The molecule has 0 unspecified atom stereocenters. The molecule has 1 aromatic carbocycles. The molecule has 0 saturated carbocycles. The van der Waals surface area contributed by atoms with Crippen LogP contribution < -0.4 is 15.0 Å². The fraction of sp³-hybridized carbons (Fsp3) is 0.393. The lowest BCUT2D eigenvalue weighted by Crippen LogP contribution is -2.57. The number of anilines is 2. The van der Waals surface area contributed by atoms with Crippen LogP contribution in [-0.4, -0.2) is 58.9 Å². The number of aryl methyl sites for hydroxylation is 1. The first kappa shape index (κ1) is 22.8. The predicted molar refractivity (Wildman–Crippen MR) is 140 cm³/mol. The maximum atomic E-state index is 6.08. The van der Waals surface area contributed by atoms with Crippen molar-refractivity contribution in [2.45, 2.75) is 32.4 Å². The topological polar surface area (TPSA) is 79.5 Å². The van der Waals surface area contributed by atoms with Crippen LogP contribution in [0.1, 0.15) is 24.1 Å². The lowest BCUT2D eigenvalue weighted by Gasteiger charge is -2.46. The minimum atomic E-state index is 0.524. The van der Waals surface area contributed by atoms with Gasteiger partial charge in [0, 0.05) is 62.6 Å². The van der Waals surface area contributed by atoms with Crippen LogP contribution in [0.3, 0.4) is 0 Å². The molecule has 0 aliphatic carbocycles. The summed E-state index contributed by atoms with van der Waals surface area (Å²) in [5, 5.41) is 8.82. The van der Waals surface area contributed by atoms with Crippen LogP contribution >= 0.6 is 0 Å². The fourth-order valence-electron chi connectivity index (χ4n) is 5.33. The van der Waals surface area contributed by atoms with Gasteiger partial charge < -0.3 is 19.5 Å². The molecule has 3 aromatic heterocycles. The average Bonchev–Trinajstić information content (AvgIpc) is 3.35. The minimum Gasteiger partial charge on any atom is -0.477 e. The number of piperidine rings is 1. The Morgan fingerprint density at radius 3 is 2.86 bits per heavy atom. The van der Waals surface area contributed by atoms with Crippen molar-refractivity contribution in [1.29, 1.82) is 0 Å². The van der Waals surface area contributed by atoms with Gasteiger partial charge in [0.1, 0.15) is 5.82 Å². The van der Waals surface area contributed by atoms with Crippen molar-refractivity contribution in [2.24, 2.45) is 5.92 Å². The molecule has 8 nitrogen and oxygen atoms in total. The standard InChI is InChI=1S/C28H32N6O2/c1-20-5-4-8-26(31-20)29-15-21-10-12-27(30-16-21)35-19-22-9-11-23-18-34(14-13-33(23)17-22)28-24-6-2-3-7-25(24)36-32-28/h2-8,10,12,16,22-23H,9,11,13-15,17-19H2,1H3,(H,29,31)/t22-,23-/m1/s1. The van der Waals surface area contributed by atoms with Gasteiger partial charge in [0.2, 0.25) is 5.88 Å². The number of hydrogen-bond donors (Lipinski definition) is 1. The summed E-state index contributed by atoms with van der Waals surface area (Å²) in [5.41, 5.74) is 2.96. The molecule has 186 valence electrons. The third kappa shape index (κ3) is 4.99. The Balaban J connectivity index is 0.977. The third-order valence-corrected chi connectivity index (χ3v) is 7.29. The van der Waals surface area contributed by atoms with Crippen LogP contribution in [-0.2, 0) is 6.54 Å². The van der Waals surface area contributed by atoms with E-state index >= 15 is 0 Å². The number of hydrogen-bond acceptors (Lipinski definition) is 8. The highest BCUT2D eigenvalue weighted by molar-refractivity contribution is 5.88. The van der Waals surface area contributed by atoms with Gasteiger partial charge in [0.05, 0.1) is 12.0 Å².